The lowest BCUT2D eigenvalue weighted by Gasteiger charge is -2.19. The van der Waals surface area contributed by atoms with Crippen molar-refractivity contribution in [3.05, 3.63) is 176 Å². The maximum absolute atomic E-state index is 11.1. The summed E-state index contributed by atoms with van der Waals surface area (Å²) in [5, 5.41) is 41.4. The quantitative estimate of drug-likeness (QED) is 0.0409. The molecular formula is C52H49Cl2N5O7. The van der Waals surface area contributed by atoms with Crippen LogP contribution in [-0.2, 0) is 44.2 Å². The third-order valence-corrected chi connectivity index (χ3v) is 11.4. The SMILES string of the molecule is C=C(O)CCNCc1cc(Cl)c(OCc2cccc(-c3cccc(COc4cc(OCc5cncc(C#N)c5)c(CCCCC(=O)O)cc4Cl)c3C)c2C)cc1OCc1cncc(C#N)c1. The number of nitrogens with zero attached hydrogens (tertiary/aromatic N) is 4. The van der Waals surface area contributed by atoms with E-state index in [2.05, 4.69) is 60.0 Å². The van der Waals surface area contributed by atoms with Crippen LogP contribution < -0.4 is 24.3 Å². The van der Waals surface area contributed by atoms with Crippen molar-refractivity contribution in [3.8, 4) is 46.3 Å². The Morgan fingerprint density at radius 1 is 0.652 bits per heavy atom. The number of aliphatic hydroxyl groups is 1. The molecular weight excluding hydrogens is 878 g/mol. The number of rotatable bonds is 23. The predicted octanol–water partition coefficient (Wildman–Crippen LogP) is 11.5. The number of hydrogen-bond acceptors (Lipinski definition) is 11. The normalized spacial score (nSPS) is 10.8. The van der Waals surface area contributed by atoms with Gasteiger partial charge < -0.3 is 34.5 Å². The number of benzene rings is 4. The molecule has 6 aromatic rings. The second-order valence-corrected chi connectivity index (χ2v) is 16.4. The first-order valence-electron chi connectivity index (χ1n) is 21.2. The van der Waals surface area contributed by atoms with E-state index in [0.29, 0.717) is 82.9 Å². The Bertz CT molecular complexity index is 2600. The highest BCUT2D eigenvalue weighted by molar-refractivity contribution is 6.32. The maximum atomic E-state index is 11.1. The summed E-state index contributed by atoms with van der Waals surface area (Å²) >= 11 is 13.6. The van der Waals surface area contributed by atoms with Gasteiger partial charge in [0.15, 0.2) is 0 Å². The monoisotopic (exact) mass is 925 g/mol. The van der Waals surface area contributed by atoms with Crippen LogP contribution in [0.2, 0.25) is 10.0 Å². The number of aryl methyl sites for hydroxylation is 1. The van der Waals surface area contributed by atoms with E-state index in [4.69, 9.17) is 47.3 Å². The fourth-order valence-corrected chi connectivity index (χ4v) is 7.66. The van der Waals surface area contributed by atoms with Gasteiger partial charge in [-0.15, -0.1) is 0 Å². The van der Waals surface area contributed by atoms with Crippen LogP contribution in [-0.4, -0.2) is 32.7 Å². The van der Waals surface area contributed by atoms with Crippen molar-refractivity contribution in [1.29, 1.82) is 10.5 Å². The third kappa shape index (κ3) is 13.5. The summed E-state index contributed by atoms with van der Waals surface area (Å²) in [6.45, 7) is 9.35. The zero-order chi connectivity index (χ0) is 47.0. The van der Waals surface area contributed by atoms with Gasteiger partial charge >= 0.3 is 5.97 Å². The molecule has 4 aromatic carbocycles. The molecule has 0 bridgehead atoms. The van der Waals surface area contributed by atoms with Crippen molar-refractivity contribution in [2.24, 2.45) is 0 Å². The Morgan fingerprint density at radius 2 is 1.15 bits per heavy atom. The van der Waals surface area contributed by atoms with Gasteiger partial charge in [-0.2, -0.15) is 10.5 Å². The van der Waals surface area contributed by atoms with Crippen LogP contribution in [0.5, 0.6) is 23.0 Å². The first-order valence-corrected chi connectivity index (χ1v) is 22.0. The number of carboxylic acids is 1. The highest BCUT2D eigenvalue weighted by Gasteiger charge is 2.17. The molecule has 3 N–H and O–H groups in total. The van der Waals surface area contributed by atoms with Gasteiger partial charge in [-0.25, -0.2) is 0 Å². The topological polar surface area (TPSA) is 180 Å². The van der Waals surface area contributed by atoms with Crippen LogP contribution in [0.25, 0.3) is 11.1 Å². The van der Waals surface area contributed by atoms with E-state index >= 15 is 0 Å². The van der Waals surface area contributed by atoms with Gasteiger partial charge in [0.05, 0.1) is 26.9 Å². The van der Waals surface area contributed by atoms with E-state index in [1.807, 2.05) is 24.3 Å². The molecule has 0 amide bonds. The number of aliphatic hydroxyl groups excluding tert-OH is 1. The van der Waals surface area contributed by atoms with E-state index < -0.39 is 5.97 Å². The molecule has 0 radical (unpaired) electrons. The Kier molecular flexibility index (Phi) is 17.4. The maximum Gasteiger partial charge on any atom is 0.303 e. The molecule has 0 spiro atoms. The minimum Gasteiger partial charge on any atom is -0.513 e. The van der Waals surface area contributed by atoms with Crippen molar-refractivity contribution in [3.63, 3.8) is 0 Å². The summed E-state index contributed by atoms with van der Waals surface area (Å²) in [7, 11) is 0. The molecule has 12 nitrogen and oxygen atoms in total. The number of aromatic nitrogens is 2. The number of carbonyl (C=O) groups is 1. The average Bonchev–Trinajstić information content (AvgIpc) is 3.31. The minimum atomic E-state index is -0.845. The number of carboxylic acid groups (broad SMARTS) is 1. The number of unbranched alkanes of at least 4 members (excludes halogenated alkanes) is 1. The molecule has 66 heavy (non-hydrogen) atoms. The van der Waals surface area contributed by atoms with E-state index in [0.717, 1.165) is 55.6 Å². The van der Waals surface area contributed by atoms with E-state index in [1.165, 1.54) is 12.4 Å². The molecule has 2 heterocycles. The molecule has 0 saturated carbocycles. The van der Waals surface area contributed by atoms with Gasteiger partial charge in [0.1, 0.15) is 61.6 Å². The molecule has 0 aliphatic heterocycles. The summed E-state index contributed by atoms with van der Waals surface area (Å²) in [6, 6.07) is 26.9. The molecule has 0 unspecified atom stereocenters. The lowest BCUT2D eigenvalue weighted by molar-refractivity contribution is -0.137. The Labute approximate surface area is 394 Å². The van der Waals surface area contributed by atoms with E-state index in [1.54, 1.807) is 48.8 Å². The van der Waals surface area contributed by atoms with Crippen LogP contribution in [0.1, 0.15) is 81.3 Å². The molecule has 0 atom stereocenters. The van der Waals surface area contributed by atoms with E-state index in [-0.39, 0.29) is 38.6 Å². The van der Waals surface area contributed by atoms with Crippen LogP contribution in [0.3, 0.4) is 0 Å². The summed E-state index contributed by atoms with van der Waals surface area (Å²) in [5.41, 5.74) is 9.94. The highest BCUT2D eigenvalue weighted by atomic mass is 35.5. The fourth-order valence-electron chi connectivity index (χ4n) is 7.17. The summed E-state index contributed by atoms with van der Waals surface area (Å²) in [5.74, 6) is 1.20. The zero-order valence-corrected chi connectivity index (χ0v) is 38.2. The number of ether oxygens (including phenoxy) is 4. The second-order valence-electron chi connectivity index (χ2n) is 15.6. The van der Waals surface area contributed by atoms with E-state index in [9.17, 15) is 20.4 Å². The molecule has 2 aromatic heterocycles. The van der Waals surface area contributed by atoms with Gasteiger partial charge in [0.25, 0.3) is 0 Å². The van der Waals surface area contributed by atoms with Crippen molar-refractivity contribution in [2.75, 3.05) is 6.54 Å². The fraction of sp³-hybridized carbons (Fsp3) is 0.250. The van der Waals surface area contributed by atoms with Gasteiger partial charge in [-0.05, 0) is 96.3 Å². The molecule has 0 aliphatic rings. The summed E-state index contributed by atoms with van der Waals surface area (Å²) in [4.78, 5) is 19.4. The number of nitrogens with one attached hydrogen (secondary N) is 1. The summed E-state index contributed by atoms with van der Waals surface area (Å²) < 4.78 is 25.3. The van der Waals surface area contributed by atoms with Gasteiger partial charge in [0.2, 0.25) is 0 Å². The van der Waals surface area contributed by atoms with Crippen molar-refractivity contribution in [1.82, 2.24) is 15.3 Å². The highest BCUT2D eigenvalue weighted by Crippen LogP contribution is 2.38. The Hall–Kier alpha value is -7.09. The van der Waals surface area contributed by atoms with Gasteiger partial charge in [-0.3, -0.25) is 14.8 Å². The van der Waals surface area contributed by atoms with Crippen molar-refractivity contribution in [2.45, 2.75) is 78.9 Å². The molecule has 0 aliphatic carbocycles. The third-order valence-electron chi connectivity index (χ3n) is 10.8. The second kappa shape index (κ2) is 23.7. The molecule has 338 valence electrons. The number of aliphatic carboxylic acids is 1. The van der Waals surface area contributed by atoms with Crippen molar-refractivity contribution >= 4 is 29.2 Å². The lowest BCUT2D eigenvalue weighted by atomic mass is 9.92. The van der Waals surface area contributed by atoms with Gasteiger partial charge in [0, 0.05) is 79.5 Å². The largest absolute Gasteiger partial charge is 0.513 e. The number of pyridine rings is 2. The first kappa shape index (κ1) is 48.4. The summed E-state index contributed by atoms with van der Waals surface area (Å²) in [6.07, 6.45) is 8.43. The standard InChI is InChI=1S/C52H49Cl2N5O7/c1-33(60)14-15-57-28-43-19-47(54)51(21-49(43)64-30-39-17-37(23-56)25-59-27-39)66-32-42-10-7-12-45(35(42)3)44-11-6-9-41(34(44)2)31-65-50-20-48(63-29-38-16-36(22-55)24-58-26-38)40(18-46(50)53)8-4-5-13-52(61)62/h6-7,9-12,16-21,24-27,57,60H,1,4-5,8,13-15,28-32H2,2-3H3,(H,61,62). The zero-order valence-electron chi connectivity index (χ0n) is 36.7. The molecule has 0 fully saturated rings. The number of nitriles is 2. The minimum absolute atomic E-state index is 0.0691. The molecule has 6 rings (SSSR count). The first-order chi connectivity index (χ1) is 31.9. The Morgan fingerprint density at radius 3 is 1.65 bits per heavy atom. The molecule has 0 saturated heterocycles. The predicted molar refractivity (Wildman–Crippen MR) is 253 cm³/mol. The van der Waals surface area contributed by atoms with Crippen LogP contribution in [0, 0.1) is 36.5 Å². The van der Waals surface area contributed by atoms with Crippen molar-refractivity contribution < 1.29 is 34.0 Å². The van der Waals surface area contributed by atoms with Crippen LogP contribution in [0.15, 0.2) is 110 Å². The lowest BCUT2D eigenvalue weighted by Crippen LogP contribution is -2.16. The average molecular weight is 927 g/mol. The molecule has 14 heteroatoms. The van der Waals surface area contributed by atoms with Crippen LogP contribution >= 0.6 is 23.2 Å². The van der Waals surface area contributed by atoms with Gasteiger partial charge in [-0.1, -0.05) is 66.2 Å². The number of halogens is 2. The Balaban J connectivity index is 1.18. The smallest absolute Gasteiger partial charge is 0.303 e. The number of hydrogen-bond donors (Lipinski definition) is 3. The van der Waals surface area contributed by atoms with Crippen LogP contribution in [0.4, 0.5) is 0 Å².